The number of hydrogen-bond donors (Lipinski definition) is 2. The van der Waals surface area contributed by atoms with Gasteiger partial charge in [0.25, 0.3) is 0 Å². The molecule has 0 fully saturated rings. The summed E-state index contributed by atoms with van der Waals surface area (Å²) in [6.07, 6.45) is -6.78. The Morgan fingerprint density at radius 1 is 0.897 bits per heavy atom. The van der Waals surface area contributed by atoms with E-state index < -0.39 is 48.4 Å². The van der Waals surface area contributed by atoms with Crippen LogP contribution in [0.4, 0.5) is 37.7 Å². The Kier molecular flexibility index (Phi) is 9.33. The number of nitrogen functional groups attached to an aromatic ring is 2. The van der Waals surface area contributed by atoms with Gasteiger partial charge in [-0.05, 0) is 53.6 Å². The number of alkyl halides is 5. The first kappa shape index (κ1) is 29.2. The fourth-order valence-electron chi connectivity index (χ4n) is 3.24. The van der Waals surface area contributed by atoms with Crippen LogP contribution in [0.25, 0.3) is 6.08 Å². The van der Waals surface area contributed by atoms with Crippen molar-refractivity contribution in [1.82, 2.24) is 0 Å². The van der Waals surface area contributed by atoms with Crippen LogP contribution in [0, 0.1) is 5.82 Å². The van der Waals surface area contributed by atoms with Crippen molar-refractivity contribution in [2.45, 2.75) is 25.1 Å². The van der Waals surface area contributed by atoms with Crippen LogP contribution in [-0.4, -0.2) is 25.4 Å². The zero-order chi connectivity index (χ0) is 28.6. The summed E-state index contributed by atoms with van der Waals surface area (Å²) in [5.41, 5.74) is 13.0. The maximum absolute atomic E-state index is 14.6. The van der Waals surface area contributed by atoms with Crippen molar-refractivity contribution in [2.24, 2.45) is 0 Å². The molecule has 0 bridgehead atoms. The Hall–Kier alpha value is -4.35. The lowest BCUT2D eigenvalue weighted by molar-refractivity contribution is -0.187. The molecular formula is C27H24F6N2O4. The Morgan fingerprint density at radius 3 is 2.26 bits per heavy atom. The van der Waals surface area contributed by atoms with Crippen molar-refractivity contribution in [3.05, 3.63) is 89.2 Å². The third kappa shape index (κ3) is 9.16. The van der Waals surface area contributed by atoms with Crippen LogP contribution in [0.1, 0.15) is 23.1 Å². The van der Waals surface area contributed by atoms with E-state index in [0.29, 0.717) is 29.4 Å². The van der Waals surface area contributed by atoms with Crippen molar-refractivity contribution < 1.29 is 45.3 Å². The van der Waals surface area contributed by atoms with E-state index in [1.54, 1.807) is 18.2 Å². The molecule has 39 heavy (non-hydrogen) atoms. The van der Waals surface area contributed by atoms with Crippen molar-refractivity contribution in [1.29, 1.82) is 0 Å². The maximum atomic E-state index is 14.6. The molecule has 0 saturated heterocycles. The quantitative estimate of drug-likeness (QED) is 0.126. The lowest BCUT2D eigenvalue weighted by atomic mass is 10.1. The van der Waals surface area contributed by atoms with Gasteiger partial charge in [0.05, 0.1) is 25.2 Å². The molecule has 0 atom stereocenters. The van der Waals surface area contributed by atoms with Crippen LogP contribution in [0.2, 0.25) is 0 Å². The van der Waals surface area contributed by atoms with Gasteiger partial charge >= 0.3 is 18.3 Å². The van der Waals surface area contributed by atoms with Crippen LogP contribution in [0.3, 0.4) is 0 Å². The lowest BCUT2D eigenvalue weighted by Gasteiger charge is -2.19. The van der Waals surface area contributed by atoms with E-state index in [9.17, 15) is 31.1 Å². The monoisotopic (exact) mass is 554 g/mol. The molecule has 0 aliphatic carbocycles. The van der Waals surface area contributed by atoms with Crippen molar-refractivity contribution in [2.75, 3.05) is 24.7 Å². The minimum absolute atomic E-state index is 0.0665. The number of nitrogens with two attached hydrogens (primary N) is 2. The first-order valence-electron chi connectivity index (χ1n) is 11.5. The summed E-state index contributed by atoms with van der Waals surface area (Å²) < 4.78 is 94.3. The van der Waals surface area contributed by atoms with Crippen LogP contribution in [-0.2, 0) is 22.1 Å². The summed E-state index contributed by atoms with van der Waals surface area (Å²) in [5, 5.41) is 0. The minimum atomic E-state index is -4.45. The molecule has 0 unspecified atom stereocenters. The van der Waals surface area contributed by atoms with Gasteiger partial charge < -0.3 is 25.7 Å². The van der Waals surface area contributed by atoms with Gasteiger partial charge in [-0.1, -0.05) is 18.2 Å². The molecule has 0 radical (unpaired) electrons. The molecule has 4 N–H and O–H groups in total. The molecule has 12 heteroatoms. The predicted octanol–water partition coefficient (Wildman–Crippen LogP) is 6.25. The summed E-state index contributed by atoms with van der Waals surface area (Å²) in [5.74, 6) is -2.98. The Balaban J connectivity index is 1.52. The normalized spacial score (nSPS) is 11.9. The molecule has 0 heterocycles. The van der Waals surface area contributed by atoms with E-state index in [2.05, 4.69) is 4.74 Å². The van der Waals surface area contributed by atoms with Crippen molar-refractivity contribution >= 4 is 23.4 Å². The van der Waals surface area contributed by atoms with E-state index >= 15 is 0 Å². The second-order valence-electron chi connectivity index (χ2n) is 8.26. The molecular weight excluding hydrogens is 530 g/mol. The van der Waals surface area contributed by atoms with Gasteiger partial charge in [-0.3, -0.25) is 0 Å². The van der Waals surface area contributed by atoms with Gasteiger partial charge in [0.2, 0.25) is 0 Å². The number of carbonyl (C=O) groups is 1. The van der Waals surface area contributed by atoms with Crippen LogP contribution >= 0.6 is 0 Å². The van der Waals surface area contributed by atoms with Gasteiger partial charge in [-0.2, -0.15) is 22.0 Å². The highest BCUT2D eigenvalue weighted by Gasteiger charge is 2.35. The van der Waals surface area contributed by atoms with E-state index in [1.807, 2.05) is 0 Å². The van der Waals surface area contributed by atoms with Gasteiger partial charge in [0.15, 0.2) is 11.6 Å². The molecule has 3 rings (SSSR count). The molecule has 3 aromatic rings. The minimum Gasteiger partial charge on any atom is -0.493 e. The number of benzene rings is 3. The summed E-state index contributed by atoms with van der Waals surface area (Å²) >= 11 is 0. The smallest absolute Gasteiger partial charge is 0.426 e. The lowest BCUT2D eigenvalue weighted by Crippen LogP contribution is -2.22. The van der Waals surface area contributed by atoms with Crippen LogP contribution in [0.5, 0.6) is 11.5 Å². The molecule has 0 aliphatic rings. The molecule has 0 aliphatic heterocycles. The number of rotatable bonds is 11. The number of anilines is 2. The highest BCUT2D eigenvalue weighted by atomic mass is 19.4. The van der Waals surface area contributed by atoms with Gasteiger partial charge in [-0.25, -0.2) is 9.18 Å². The number of carbonyl (C=O) groups excluding carboxylic acids is 1. The average Bonchev–Trinajstić information content (AvgIpc) is 2.85. The maximum Gasteiger partial charge on any atom is 0.426 e. The van der Waals surface area contributed by atoms with Crippen LogP contribution in [0.15, 0.2) is 66.7 Å². The zero-order valence-corrected chi connectivity index (χ0v) is 20.3. The van der Waals surface area contributed by atoms with E-state index in [1.165, 1.54) is 18.2 Å². The van der Waals surface area contributed by atoms with Gasteiger partial charge in [0, 0.05) is 29.9 Å². The highest BCUT2D eigenvalue weighted by molar-refractivity contribution is 5.87. The second-order valence-corrected chi connectivity index (χ2v) is 8.26. The van der Waals surface area contributed by atoms with E-state index in [4.69, 9.17) is 20.9 Å². The Morgan fingerprint density at radius 2 is 1.62 bits per heavy atom. The molecule has 0 aromatic heterocycles. The molecule has 3 aromatic carbocycles. The number of ether oxygens (including phenoxy) is 3. The summed E-state index contributed by atoms with van der Waals surface area (Å²) in [7, 11) is 0. The largest absolute Gasteiger partial charge is 0.493 e. The third-order valence-corrected chi connectivity index (χ3v) is 5.24. The van der Waals surface area contributed by atoms with E-state index in [-0.39, 0.29) is 12.4 Å². The zero-order valence-electron chi connectivity index (χ0n) is 20.3. The number of halogens is 6. The predicted molar refractivity (Wildman–Crippen MR) is 132 cm³/mol. The molecule has 208 valence electrons. The standard InChI is InChI=1S/C27H24F6N2O4/c28-22-16-21(37-14-12-26(29,30)31)8-9-24(22)39-27(32,33)19-5-1-17(2-6-19)3-10-25(36)38-13-11-18-4-7-20(34)15-23(18)35/h1-10,15-16H,11-14,34-35H2/b10-3+. The Labute approximate surface area is 219 Å². The molecule has 0 spiro atoms. The summed E-state index contributed by atoms with van der Waals surface area (Å²) in [6.45, 7) is -0.687. The fourth-order valence-corrected chi connectivity index (χ4v) is 3.24. The van der Waals surface area contributed by atoms with Crippen LogP contribution < -0.4 is 20.9 Å². The molecule has 0 amide bonds. The number of esters is 1. The average molecular weight is 554 g/mol. The first-order chi connectivity index (χ1) is 18.3. The number of hydrogen-bond acceptors (Lipinski definition) is 6. The fraction of sp³-hybridized carbons (Fsp3) is 0.222. The van der Waals surface area contributed by atoms with Gasteiger partial charge in [0.1, 0.15) is 5.75 Å². The summed E-state index contributed by atoms with van der Waals surface area (Å²) in [4.78, 5) is 11.9. The Bertz CT molecular complexity index is 1310. The highest BCUT2D eigenvalue weighted by Crippen LogP contribution is 2.34. The van der Waals surface area contributed by atoms with Crippen molar-refractivity contribution in [3.63, 3.8) is 0 Å². The SMILES string of the molecule is Nc1ccc(CCOC(=O)/C=C/c2ccc(C(F)(F)Oc3ccc(OCCC(F)(F)F)cc3F)cc2)c(N)c1. The third-order valence-electron chi connectivity index (χ3n) is 5.24. The second kappa shape index (κ2) is 12.5. The van der Waals surface area contributed by atoms with Gasteiger partial charge in [-0.15, -0.1) is 0 Å². The first-order valence-corrected chi connectivity index (χ1v) is 11.5. The van der Waals surface area contributed by atoms with Crippen molar-refractivity contribution in [3.8, 4) is 11.5 Å². The molecule has 6 nitrogen and oxygen atoms in total. The summed E-state index contributed by atoms with van der Waals surface area (Å²) in [6, 6.07) is 12.2. The molecule has 0 saturated carbocycles. The van der Waals surface area contributed by atoms with E-state index in [0.717, 1.165) is 35.9 Å². The topological polar surface area (TPSA) is 96.8 Å².